The summed E-state index contributed by atoms with van der Waals surface area (Å²) in [5.74, 6) is -0.685. The Morgan fingerprint density at radius 2 is 1.48 bits per heavy atom. The summed E-state index contributed by atoms with van der Waals surface area (Å²) >= 11 is 0. The lowest BCUT2D eigenvalue weighted by molar-refractivity contribution is -0.140. The first-order valence-corrected chi connectivity index (χ1v) is 15.3. The summed E-state index contributed by atoms with van der Waals surface area (Å²) in [7, 11) is -4.08. The second-order valence-corrected chi connectivity index (χ2v) is 12.1. The third kappa shape index (κ3) is 7.94. The fourth-order valence-electron chi connectivity index (χ4n) is 4.47. The number of aryl methyl sites for hydroxylation is 3. The number of benzene rings is 3. The Hall–Kier alpha value is -3.65. The number of sulfonamides is 1. The van der Waals surface area contributed by atoms with Crippen LogP contribution in [-0.4, -0.2) is 44.3 Å². The van der Waals surface area contributed by atoms with E-state index in [1.54, 1.807) is 42.5 Å². The number of nitrogens with zero attached hydrogens (tertiary/aromatic N) is 2. The van der Waals surface area contributed by atoms with Crippen LogP contribution in [-0.2, 0) is 26.2 Å². The third-order valence-corrected chi connectivity index (χ3v) is 8.65. The average Bonchev–Trinajstić information content (AvgIpc) is 2.93. The van der Waals surface area contributed by atoms with Crippen molar-refractivity contribution < 1.29 is 18.0 Å². The second-order valence-electron chi connectivity index (χ2n) is 10.2. The van der Waals surface area contributed by atoms with Crippen molar-refractivity contribution in [2.75, 3.05) is 17.4 Å². The van der Waals surface area contributed by atoms with Gasteiger partial charge in [-0.3, -0.25) is 13.9 Å². The van der Waals surface area contributed by atoms with Crippen molar-refractivity contribution in [1.29, 1.82) is 0 Å². The lowest BCUT2D eigenvalue weighted by Gasteiger charge is -2.33. The van der Waals surface area contributed by atoms with Gasteiger partial charge in [-0.1, -0.05) is 79.9 Å². The molecule has 214 valence electrons. The molecular formula is C32H41N3O4S. The van der Waals surface area contributed by atoms with Crippen molar-refractivity contribution in [3.63, 3.8) is 0 Å². The minimum atomic E-state index is -4.08. The first kappa shape index (κ1) is 30.9. The maximum Gasteiger partial charge on any atom is 0.264 e. The van der Waals surface area contributed by atoms with Crippen molar-refractivity contribution in [1.82, 2.24) is 10.2 Å². The largest absolute Gasteiger partial charge is 0.354 e. The Labute approximate surface area is 239 Å². The normalized spacial score (nSPS) is 12.0. The Morgan fingerprint density at radius 1 is 0.850 bits per heavy atom. The Balaban J connectivity index is 2.03. The molecule has 0 radical (unpaired) electrons. The van der Waals surface area contributed by atoms with Crippen LogP contribution in [0.2, 0.25) is 0 Å². The van der Waals surface area contributed by atoms with Gasteiger partial charge in [0.1, 0.15) is 12.6 Å². The van der Waals surface area contributed by atoms with Crippen LogP contribution in [0.5, 0.6) is 0 Å². The zero-order valence-electron chi connectivity index (χ0n) is 24.2. The lowest BCUT2D eigenvalue weighted by atomic mass is 10.1. The molecule has 3 aromatic carbocycles. The van der Waals surface area contributed by atoms with E-state index in [1.165, 1.54) is 4.90 Å². The maximum atomic E-state index is 14.1. The predicted octanol–water partition coefficient (Wildman–Crippen LogP) is 5.53. The molecule has 0 aliphatic rings. The molecule has 7 nitrogen and oxygen atoms in total. The standard InChI is InChI=1S/C32H41N3O4S/c1-6-8-20-33-32(37)30(7-2)34(22-27-16-12-24(3)13-17-27)31(36)23-35(28-11-9-10-26(5)21-28)40(38,39)29-18-14-25(4)15-19-29/h9-19,21,30H,6-8,20,22-23H2,1-5H3,(H,33,37)/t30-/m1/s1. The number of hydrogen-bond acceptors (Lipinski definition) is 4. The lowest BCUT2D eigenvalue weighted by Crippen LogP contribution is -2.52. The molecule has 0 fully saturated rings. The molecular weight excluding hydrogens is 522 g/mol. The van der Waals surface area contributed by atoms with Crippen LogP contribution in [0.1, 0.15) is 55.4 Å². The van der Waals surface area contributed by atoms with Gasteiger partial charge in [0.05, 0.1) is 10.6 Å². The van der Waals surface area contributed by atoms with Gasteiger partial charge in [0.2, 0.25) is 11.8 Å². The van der Waals surface area contributed by atoms with E-state index in [4.69, 9.17) is 0 Å². The van der Waals surface area contributed by atoms with Gasteiger partial charge in [0.25, 0.3) is 10.0 Å². The van der Waals surface area contributed by atoms with Crippen molar-refractivity contribution in [2.45, 2.75) is 71.4 Å². The highest BCUT2D eigenvalue weighted by Crippen LogP contribution is 2.26. The molecule has 0 saturated carbocycles. The molecule has 0 aliphatic carbocycles. The molecule has 8 heteroatoms. The minimum Gasteiger partial charge on any atom is -0.354 e. The van der Waals surface area contributed by atoms with E-state index < -0.39 is 28.5 Å². The molecule has 0 saturated heterocycles. The topological polar surface area (TPSA) is 86.8 Å². The van der Waals surface area contributed by atoms with Crippen LogP contribution in [0, 0.1) is 20.8 Å². The second kappa shape index (κ2) is 14.1. The average molecular weight is 564 g/mol. The molecule has 0 unspecified atom stereocenters. The van der Waals surface area contributed by atoms with E-state index in [0.29, 0.717) is 18.7 Å². The van der Waals surface area contributed by atoms with Gasteiger partial charge in [0, 0.05) is 13.1 Å². The van der Waals surface area contributed by atoms with Crippen LogP contribution in [0.4, 0.5) is 5.69 Å². The summed E-state index contributed by atoms with van der Waals surface area (Å²) in [6.45, 7) is 9.92. The van der Waals surface area contributed by atoms with Crippen LogP contribution in [0.15, 0.2) is 77.7 Å². The van der Waals surface area contributed by atoms with Crippen molar-refractivity contribution >= 4 is 27.5 Å². The number of amides is 2. The number of nitrogens with one attached hydrogen (secondary N) is 1. The van der Waals surface area contributed by atoms with Gasteiger partial charge in [-0.2, -0.15) is 0 Å². The molecule has 1 N–H and O–H groups in total. The third-order valence-electron chi connectivity index (χ3n) is 6.87. The molecule has 2 amide bonds. The van der Waals surface area contributed by atoms with Crippen LogP contribution >= 0.6 is 0 Å². The minimum absolute atomic E-state index is 0.0989. The highest BCUT2D eigenvalue weighted by atomic mass is 32.2. The fourth-order valence-corrected chi connectivity index (χ4v) is 5.87. The number of unbranched alkanes of at least 4 members (excludes halogenated alkanes) is 1. The van der Waals surface area contributed by atoms with Gasteiger partial charge in [0.15, 0.2) is 0 Å². The van der Waals surface area contributed by atoms with Gasteiger partial charge in [-0.05, 0) is 69.0 Å². The molecule has 0 aromatic heterocycles. The van der Waals surface area contributed by atoms with E-state index in [1.807, 2.05) is 65.0 Å². The number of carbonyl (C=O) groups is 2. The van der Waals surface area contributed by atoms with Crippen molar-refractivity contribution in [3.8, 4) is 0 Å². The molecule has 1 atom stereocenters. The van der Waals surface area contributed by atoms with Gasteiger partial charge in [-0.15, -0.1) is 0 Å². The number of carbonyl (C=O) groups excluding carboxylic acids is 2. The van der Waals surface area contributed by atoms with Crippen LogP contribution in [0.3, 0.4) is 0 Å². The molecule has 0 bridgehead atoms. The summed E-state index contributed by atoms with van der Waals surface area (Å²) in [5, 5.41) is 2.95. The van der Waals surface area contributed by atoms with Gasteiger partial charge in [-0.25, -0.2) is 8.42 Å². The summed E-state index contributed by atoms with van der Waals surface area (Å²) < 4.78 is 29.0. The molecule has 3 rings (SSSR count). The van der Waals surface area contributed by atoms with Crippen LogP contribution < -0.4 is 9.62 Å². The van der Waals surface area contributed by atoms with E-state index in [0.717, 1.165) is 39.4 Å². The van der Waals surface area contributed by atoms with E-state index in [9.17, 15) is 18.0 Å². The monoisotopic (exact) mass is 563 g/mol. The molecule has 40 heavy (non-hydrogen) atoms. The van der Waals surface area contributed by atoms with Gasteiger partial charge < -0.3 is 10.2 Å². The fraction of sp³-hybridized carbons (Fsp3) is 0.375. The molecule has 3 aromatic rings. The number of hydrogen-bond donors (Lipinski definition) is 1. The maximum absolute atomic E-state index is 14.1. The van der Waals surface area contributed by atoms with E-state index in [2.05, 4.69) is 5.32 Å². The first-order chi connectivity index (χ1) is 19.1. The molecule has 0 aliphatic heterocycles. The summed E-state index contributed by atoms with van der Waals surface area (Å²) in [6, 6.07) is 20.7. The van der Waals surface area contributed by atoms with Crippen molar-refractivity contribution in [3.05, 3.63) is 95.1 Å². The molecule has 0 heterocycles. The van der Waals surface area contributed by atoms with Crippen LogP contribution in [0.25, 0.3) is 0 Å². The summed E-state index contributed by atoms with van der Waals surface area (Å²) in [5.41, 5.74) is 4.14. The SMILES string of the molecule is CCCCNC(=O)[C@@H](CC)N(Cc1ccc(C)cc1)C(=O)CN(c1cccc(C)c1)S(=O)(=O)c1ccc(C)cc1. The molecule has 0 spiro atoms. The quantitative estimate of drug-likeness (QED) is 0.277. The zero-order chi connectivity index (χ0) is 29.3. The van der Waals surface area contributed by atoms with Crippen molar-refractivity contribution in [2.24, 2.45) is 0 Å². The zero-order valence-corrected chi connectivity index (χ0v) is 25.0. The highest BCUT2D eigenvalue weighted by Gasteiger charge is 2.33. The number of rotatable bonds is 13. The first-order valence-electron chi connectivity index (χ1n) is 13.9. The Kier molecular flexibility index (Phi) is 10.9. The Morgan fingerprint density at radius 3 is 2.05 bits per heavy atom. The smallest absolute Gasteiger partial charge is 0.264 e. The predicted molar refractivity (Wildman–Crippen MR) is 161 cm³/mol. The summed E-state index contributed by atoms with van der Waals surface area (Å²) in [6.07, 6.45) is 2.17. The van der Waals surface area contributed by atoms with Gasteiger partial charge >= 0.3 is 0 Å². The highest BCUT2D eigenvalue weighted by molar-refractivity contribution is 7.92. The Bertz CT molecular complexity index is 1390. The summed E-state index contributed by atoms with van der Waals surface area (Å²) in [4.78, 5) is 29.0. The number of anilines is 1. The van der Waals surface area contributed by atoms with E-state index >= 15 is 0 Å². The van der Waals surface area contributed by atoms with E-state index in [-0.39, 0.29) is 17.3 Å².